The zero-order valence-corrected chi connectivity index (χ0v) is 10.9. The van der Waals surface area contributed by atoms with Gasteiger partial charge in [0.15, 0.2) is 11.5 Å². The number of aromatic amines is 2. The highest BCUT2D eigenvalue weighted by molar-refractivity contribution is 6.43. The first kappa shape index (κ1) is 12.0. The van der Waals surface area contributed by atoms with Crippen LogP contribution in [0.5, 0.6) is 0 Å². The van der Waals surface area contributed by atoms with Crippen molar-refractivity contribution in [3.8, 4) is 0 Å². The number of benzene rings is 1. The number of anilines is 2. The molecule has 0 aliphatic rings. The summed E-state index contributed by atoms with van der Waals surface area (Å²) in [5, 5.41) is 10.7. The zero-order chi connectivity index (χ0) is 13.4. The number of nitrogens with zero attached hydrogens (tertiary/aromatic N) is 2. The fraction of sp³-hybridized carbons (Fsp3) is 0. The minimum atomic E-state index is -0.292. The predicted molar refractivity (Wildman–Crippen MR) is 74.3 cm³/mol. The Morgan fingerprint density at radius 1 is 1.26 bits per heavy atom. The van der Waals surface area contributed by atoms with Gasteiger partial charge in [-0.1, -0.05) is 29.3 Å². The van der Waals surface area contributed by atoms with E-state index in [2.05, 4.69) is 25.5 Å². The van der Waals surface area contributed by atoms with Crippen LogP contribution < -0.4 is 10.9 Å². The summed E-state index contributed by atoms with van der Waals surface area (Å²) in [6, 6.07) is 5.15. The van der Waals surface area contributed by atoms with Crippen molar-refractivity contribution in [3.05, 3.63) is 44.9 Å². The number of H-pyrrole nitrogens is 2. The van der Waals surface area contributed by atoms with Gasteiger partial charge in [-0.25, -0.2) is 4.98 Å². The summed E-state index contributed by atoms with van der Waals surface area (Å²) in [6.45, 7) is 0. The van der Waals surface area contributed by atoms with Gasteiger partial charge in [-0.2, -0.15) is 5.10 Å². The molecular weight excluding hydrogens is 289 g/mol. The van der Waals surface area contributed by atoms with Crippen LogP contribution in [0.2, 0.25) is 10.0 Å². The molecule has 0 aliphatic heterocycles. The lowest BCUT2D eigenvalue weighted by atomic mass is 10.3. The van der Waals surface area contributed by atoms with Crippen LogP contribution in [0.25, 0.3) is 11.0 Å². The highest BCUT2D eigenvalue weighted by atomic mass is 35.5. The van der Waals surface area contributed by atoms with Crippen LogP contribution in [-0.2, 0) is 0 Å². The third kappa shape index (κ3) is 2.05. The van der Waals surface area contributed by atoms with Gasteiger partial charge in [0.25, 0.3) is 5.56 Å². The van der Waals surface area contributed by atoms with Gasteiger partial charge in [0.05, 0.1) is 22.1 Å². The SMILES string of the molecule is O=c1[nH]cnc2[nH]nc(Nc3cccc(Cl)c3Cl)c12. The molecule has 8 heteroatoms. The van der Waals surface area contributed by atoms with Gasteiger partial charge < -0.3 is 10.3 Å². The maximum atomic E-state index is 11.7. The highest BCUT2D eigenvalue weighted by Crippen LogP contribution is 2.32. The quantitative estimate of drug-likeness (QED) is 0.678. The number of fused-ring (bicyclic) bond motifs is 1. The molecule has 0 radical (unpaired) electrons. The van der Waals surface area contributed by atoms with Crippen LogP contribution in [-0.4, -0.2) is 20.2 Å². The fourth-order valence-corrected chi connectivity index (χ4v) is 2.04. The Morgan fingerprint density at radius 2 is 2.11 bits per heavy atom. The number of halogens is 2. The maximum Gasteiger partial charge on any atom is 0.264 e. The van der Waals surface area contributed by atoms with Crippen LogP contribution in [0.15, 0.2) is 29.3 Å². The normalized spacial score (nSPS) is 10.8. The van der Waals surface area contributed by atoms with E-state index in [1.807, 2.05) is 0 Å². The summed E-state index contributed by atoms with van der Waals surface area (Å²) in [6.07, 6.45) is 1.30. The molecule has 3 N–H and O–H groups in total. The Kier molecular flexibility index (Phi) is 2.88. The summed E-state index contributed by atoms with van der Waals surface area (Å²) in [5.41, 5.74) is 0.662. The fourth-order valence-electron chi connectivity index (χ4n) is 1.69. The molecule has 1 aromatic carbocycles. The monoisotopic (exact) mass is 295 g/mol. The minimum Gasteiger partial charge on any atom is -0.337 e. The van der Waals surface area contributed by atoms with Gasteiger partial charge in [-0.3, -0.25) is 9.89 Å². The first-order valence-corrected chi connectivity index (χ1v) is 6.05. The van der Waals surface area contributed by atoms with E-state index < -0.39 is 0 Å². The van der Waals surface area contributed by atoms with E-state index in [0.29, 0.717) is 32.6 Å². The summed E-state index contributed by atoms with van der Waals surface area (Å²) in [7, 11) is 0. The highest BCUT2D eigenvalue weighted by Gasteiger charge is 2.12. The molecule has 6 nitrogen and oxygen atoms in total. The Morgan fingerprint density at radius 3 is 2.95 bits per heavy atom. The van der Waals surface area contributed by atoms with Crippen molar-refractivity contribution in [2.24, 2.45) is 0 Å². The lowest BCUT2D eigenvalue weighted by molar-refractivity contribution is 1.09. The van der Waals surface area contributed by atoms with E-state index >= 15 is 0 Å². The molecule has 0 bridgehead atoms. The molecule has 0 saturated carbocycles. The number of hydrogen-bond acceptors (Lipinski definition) is 4. The Balaban J connectivity index is 2.12. The van der Waals surface area contributed by atoms with Crippen molar-refractivity contribution in [1.29, 1.82) is 0 Å². The summed E-state index contributed by atoms with van der Waals surface area (Å²) in [4.78, 5) is 18.2. The van der Waals surface area contributed by atoms with Gasteiger partial charge in [0.1, 0.15) is 5.39 Å². The molecule has 2 aromatic heterocycles. The van der Waals surface area contributed by atoms with E-state index in [0.717, 1.165) is 0 Å². The third-order valence-electron chi connectivity index (χ3n) is 2.57. The molecular formula is C11H7Cl2N5O. The topological polar surface area (TPSA) is 86.5 Å². The third-order valence-corrected chi connectivity index (χ3v) is 3.39. The van der Waals surface area contributed by atoms with Crippen molar-refractivity contribution in [2.45, 2.75) is 0 Å². The Hall–Kier alpha value is -2.05. The second kappa shape index (κ2) is 4.56. The average molecular weight is 296 g/mol. The van der Waals surface area contributed by atoms with Crippen molar-refractivity contribution in [1.82, 2.24) is 20.2 Å². The van der Waals surface area contributed by atoms with E-state index in [1.165, 1.54) is 6.33 Å². The molecule has 0 atom stereocenters. The number of aromatic nitrogens is 4. The molecule has 0 aliphatic carbocycles. The first-order valence-electron chi connectivity index (χ1n) is 5.29. The minimum absolute atomic E-state index is 0.292. The molecule has 0 spiro atoms. The Labute approximate surface area is 116 Å². The largest absolute Gasteiger partial charge is 0.337 e. The second-order valence-electron chi connectivity index (χ2n) is 3.75. The number of rotatable bonds is 2. The Bertz CT molecular complexity index is 810. The second-order valence-corrected chi connectivity index (χ2v) is 4.54. The predicted octanol–water partition coefficient (Wildman–Crippen LogP) is 2.70. The molecule has 2 heterocycles. The molecule has 3 aromatic rings. The van der Waals surface area contributed by atoms with Crippen LogP contribution >= 0.6 is 23.2 Å². The summed E-state index contributed by atoms with van der Waals surface area (Å²) >= 11 is 12.0. The molecule has 3 rings (SSSR count). The maximum absolute atomic E-state index is 11.7. The molecule has 19 heavy (non-hydrogen) atoms. The van der Waals surface area contributed by atoms with Gasteiger partial charge in [0, 0.05) is 0 Å². The molecule has 0 fully saturated rings. The van der Waals surface area contributed by atoms with E-state index in [1.54, 1.807) is 18.2 Å². The van der Waals surface area contributed by atoms with Crippen molar-refractivity contribution < 1.29 is 0 Å². The van der Waals surface area contributed by atoms with Crippen molar-refractivity contribution >= 4 is 45.7 Å². The lowest BCUT2D eigenvalue weighted by Gasteiger charge is -2.06. The molecule has 0 saturated heterocycles. The summed E-state index contributed by atoms with van der Waals surface area (Å²) < 4.78 is 0. The van der Waals surface area contributed by atoms with Gasteiger partial charge in [-0.05, 0) is 12.1 Å². The van der Waals surface area contributed by atoms with Crippen LogP contribution in [0.3, 0.4) is 0 Å². The van der Waals surface area contributed by atoms with Crippen molar-refractivity contribution in [3.63, 3.8) is 0 Å². The smallest absolute Gasteiger partial charge is 0.264 e. The summed E-state index contributed by atoms with van der Waals surface area (Å²) in [5.74, 6) is 0.341. The van der Waals surface area contributed by atoms with Crippen LogP contribution in [0.4, 0.5) is 11.5 Å². The average Bonchev–Trinajstić information content (AvgIpc) is 2.80. The number of hydrogen-bond donors (Lipinski definition) is 3. The van der Waals surface area contributed by atoms with Gasteiger partial charge in [-0.15, -0.1) is 0 Å². The van der Waals surface area contributed by atoms with Crippen LogP contribution in [0, 0.1) is 0 Å². The molecule has 0 unspecified atom stereocenters. The molecule has 96 valence electrons. The van der Waals surface area contributed by atoms with Crippen LogP contribution in [0.1, 0.15) is 0 Å². The standard InChI is InChI=1S/C11H7Cl2N5O/c12-5-2-1-3-6(8(5)13)16-10-7-9(17-18-10)14-4-15-11(7)19/h1-4H,(H3,14,15,16,17,18,19). The number of nitrogens with one attached hydrogen (secondary N) is 3. The molecule has 0 amide bonds. The van der Waals surface area contributed by atoms with Gasteiger partial charge in [0.2, 0.25) is 0 Å². The van der Waals surface area contributed by atoms with E-state index in [4.69, 9.17) is 23.2 Å². The first-order chi connectivity index (χ1) is 9.16. The van der Waals surface area contributed by atoms with E-state index in [9.17, 15) is 4.79 Å². The lowest BCUT2D eigenvalue weighted by Crippen LogP contribution is -2.06. The zero-order valence-electron chi connectivity index (χ0n) is 9.37. The van der Waals surface area contributed by atoms with Crippen molar-refractivity contribution in [2.75, 3.05) is 5.32 Å². The van der Waals surface area contributed by atoms with E-state index in [-0.39, 0.29) is 5.56 Å². The van der Waals surface area contributed by atoms with Gasteiger partial charge >= 0.3 is 0 Å².